The normalized spacial score (nSPS) is 13.5. The molecular weight excluding hydrogens is 940 g/mol. The van der Waals surface area contributed by atoms with Crippen LogP contribution in [0.4, 0.5) is 0 Å². The maximum atomic E-state index is 8.20. The van der Waals surface area contributed by atoms with Crippen LogP contribution in [0.2, 0.25) is 0 Å². The first-order valence-corrected chi connectivity index (χ1v) is 28.7. The molecule has 8 nitrogen and oxygen atoms in total. The molecule has 0 N–H and O–H groups in total. The molecule has 0 unspecified atom stereocenters. The van der Waals surface area contributed by atoms with Crippen molar-refractivity contribution in [3.05, 3.63) is 93.0 Å². The van der Waals surface area contributed by atoms with Gasteiger partial charge in [-0.3, -0.25) is 0 Å². The topological polar surface area (TPSA) is 73.8 Å². The Kier molecular flexibility index (Phi) is 16.4. The summed E-state index contributed by atoms with van der Waals surface area (Å²) in [4.78, 5) is 0. The molecular formula is C60H92O8Zr. The average Bonchev–Trinajstić information content (AvgIpc) is 3.17. The van der Waals surface area contributed by atoms with Gasteiger partial charge in [-0.15, -0.1) is 0 Å². The van der Waals surface area contributed by atoms with Gasteiger partial charge in [0.2, 0.25) is 0 Å². The molecule has 0 spiro atoms. The molecule has 69 heavy (non-hydrogen) atoms. The molecule has 384 valence electrons. The van der Waals surface area contributed by atoms with E-state index in [9.17, 15) is 0 Å². The molecule has 0 amide bonds. The van der Waals surface area contributed by atoms with Gasteiger partial charge in [0.05, 0.1) is 0 Å². The van der Waals surface area contributed by atoms with Crippen molar-refractivity contribution in [3.63, 3.8) is 0 Å². The zero-order valence-electron chi connectivity index (χ0n) is 48.4. The molecule has 9 heteroatoms. The molecule has 0 bridgehead atoms. The van der Waals surface area contributed by atoms with Crippen molar-refractivity contribution >= 4 is 0 Å². The van der Waals surface area contributed by atoms with Crippen molar-refractivity contribution in [1.82, 2.24) is 0 Å². The van der Waals surface area contributed by atoms with E-state index in [1.807, 2.05) is 0 Å². The summed E-state index contributed by atoms with van der Waals surface area (Å²) >= 11 is -6.20. The second kappa shape index (κ2) is 19.6. The zero-order chi connectivity index (χ0) is 53.1. The van der Waals surface area contributed by atoms with Crippen LogP contribution >= 0.6 is 0 Å². The molecule has 0 saturated heterocycles. The minimum atomic E-state index is -6.20. The molecule has 0 aromatic heterocycles. The van der Waals surface area contributed by atoms with Crippen LogP contribution in [0.25, 0.3) is 0 Å². The van der Waals surface area contributed by atoms with Crippen molar-refractivity contribution in [3.8, 4) is 46.0 Å². The Morgan fingerprint density at radius 3 is 0.435 bits per heavy atom. The predicted molar refractivity (Wildman–Crippen MR) is 284 cm³/mol. The summed E-state index contributed by atoms with van der Waals surface area (Å²) in [5, 5.41) is 0. The first-order valence-electron chi connectivity index (χ1n) is 24.7. The predicted octanol–water partition coefficient (Wildman–Crippen LogP) is 16.5. The zero-order valence-corrected chi connectivity index (χ0v) is 50.8. The molecule has 0 atom stereocenters. The summed E-state index contributed by atoms with van der Waals surface area (Å²) in [6.45, 7) is 52.9. The Balaban J connectivity index is 2.56. The van der Waals surface area contributed by atoms with E-state index in [0.29, 0.717) is 23.0 Å². The number of methoxy groups -OCH3 is 4. The van der Waals surface area contributed by atoms with Gasteiger partial charge >= 0.3 is 429 Å². The minimum absolute atomic E-state index is 0.435. The van der Waals surface area contributed by atoms with Crippen LogP contribution in [-0.2, 0) is 65.3 Å². The van der Waals surface area contributed by atoms with Crippen molar-refractivity contribution in [2.24, 2.45) is 0 Å². The van der Waals surface area contributed by atoms with Gasteiger partial charge in [-0.25, -0.2) is 0 Å². The van der Waals surface area contributed by atoms with Gasteiger partial charge in [-0.2, -0.15) is 0 Å². The van der Waals surface area contributed by atoms with E-state index in [0.717, 1.165) is 67.5 Å². The third-order valence-electron chi connectivity index (χ3n) is 12.6. The van der Waals surface area contributed by atoms with Crippen molar-refractivity contribution in [1.29, 1.82) is 0 Å². The third-order valence-corrected chi connectivity index (χ3v) is 17.0. The number of benzene rings is 4. The van der Waals surface area contributed by atoms with Gasteiger partial charge in [-0.05, 0) is 0 Å². The van der Waals surface area contributed by atoms with Crippen LogP contribution < -0.4 is 30.2 Å². The van der Waals surface area contributed by atoms with E-state index >= 15 is 0 Å². The van der Waals surface area contributed by atoms with E-state index in [1.165, 1.54) is 0 Å². The summed E-state index contributed by atoms with van der Waals surface area (Å²) in [5.74, 6) is 5.56. The Bertz CT molecular complexity index is 1970. The van der Waals surface area contributed by atoms with Gasteiger partial charge < -0.3 is 0 Å². The number of ether oxygens (including phenoxy) is 4. The monoisotopic (exact) mass is 1030 g/mol. The fraction of sp³-hybridized carbons (Fsp3) is 0.600. The average molecular weight is 1030 g/mol. The third kappa shape index (κ3) is 13.4. The van der Waals surface area contributed by atoms with E-state index in [1.54, 1.807) is 28.4 Å². The van der Waals surface area contributed by atoms with Crippen LogP contribution in [0.15, 0.2) is 48.5 Å². The fourth-order valence-electron chi connectivity index (χ4n) is 8.40. The standard InChI is InChI=1S/4C15H24O2.Zr/c4*1-14(2,3)11-8-10(17-7)9-12(13(11)16)15(4,5)6;/h4*8-9,16H,1-7H3;/q;;;;+4/p-4. The quantitative estimate of drug-likeness (QED) is 0.139. The summed E-state index contributed by atoms with van der Waals surface area (Å²) in [7, 11) is 6.88. The first kappa shape index (κ1) is 57.7. The molecule has 0 aliphatic carbocycles. The van der Waals surface area contributed by atoms with E-state index in [-0.39, 0.29) is 0 Å². The van der Waals surface area contributed by atoms with Gasteiger partial charge in [0.15, 0.2) is 0 Å². The van der Waals surface area contributed by atoms with Crippen LogP contribution in [0.1, 0.15) is 211 Å². The molecule has 0 radical (unpaired) electrons. The van der Waals surface area contributed by atoms with E-state index < -0.39 is 65.3 Å². The summed E-state index contributed by atoms with van der Waals surface area (Å²) in [6, 6.07) is 16.8. The van der Waals surface area contributed by atoms with Crippen molar-refractivity contribution < 1.29 is 52.2 Å². The molecule has 4 rings (SSSR count). The second-order valence-electron chi connectivity index (χ2n) is 27.1. The van der Waals surface area contributed by atoms with E-state index in [2.05, 4.69) is 215 Å². The van der Waals surface area contributed by atoms with Gasteiger partial charge in [0, 0.05) is 0 Å². The molecule has 0 heterocycles. The van der Waals surface area contributed by atoms with Crippen LogP contribution in [-0.4, -0.2) is 28.4 Å². The molecule has 0 saturated carbocycles. The number of hydrogen-bond donors (Lipinski definition) is 0. The number of hydrogen-bond acceptors (Lipinski definition) is 8. The number of rotatable bonds is 12. The van der Waals surface area contributed by atoms with Crippen molar-refractivity contribution in [2.75, 3.05) is 28.4 Å². The van der Waals surface area contributed by atoms with Crippen LogP contribution in [0.5, 0.6) is 46.0 Å². The molecule has 0 aliphatic heterocycles. The molecule has 0 fully saturated rings. The molecule has 4 aromatic rings. The fourth-order valence-corrected chi connectivity index (χ4v) is 13.6. The summed E-state index contributed by atoms with van der Waals surface area (Å²) in [6.07, 6.45) is 0. The van der Waals surface area contributed by atoms with Crippen molar-refractivity contribution in [2.45, 2.75) is 209 Å². The Morgan fingerprint density at radius 1 is 0.232 bits per heavy atom. The maximum absolute atomic E-state index is 8.20. The second-order valence-corrected chi connectivity index (χ2v) is 31.6. The van der Waals surface area contributed by atoms with Crippen LogP contribution in [0, 0.1) is 0 Å². The first-order chi connectivity index (χ1) is 31.0. The Hall–Kier alpha value is -3.84. The van der Waals surface area contributed by atoms with Gasteiger partial charge in [0.1, 0.15) is 0 Å². The Labute approximate surface area is 426 Å². The van der Waals surface area contributed by atoms with Gasteiger partial charge in [-0.1, -0.05) is 0 Å². The summed E-state index contributed by atoms with van der Waals surface area (Å²) in [5.41, 5.74) is 4.03. The SMILES string of the molecule is COc1cc(C(C)(C)C)c([O][Zr]([O]c2c(C(C)(C)C)cc(OC)cc2C(C)(C)C)([O]c2c(C(C)(C)C)cc(OC)cc2C(C)(C)C)[O]c2c(C(C)(C)C)cc(OC)cc2C(C)(C)C)c(C(C)(C)C)c1. The van der Waals surface area contributed by atoms with E-state index in [4.69, 9.17) is 30.2 Å². The molecule has 0 aliphatic rings. The van der Waals surface area contributed by atoms with Gasteiger partial charge in [0.25, 0.3) is 0 Å². The van der Waals surface area contributed by atoms with Crippen LogP contribution in [0.3, 0.4) is 0 Å². The summed E-state index contributed by atoms with van der Waals surface area (Å²) < 4.78 is 57.1. The Morgan fingerprint density at radius 2 is 0.348 bits per heavy atom. The molecule has 4 aromatic carbocycles.